The Morgan fingerprint density at radius 2 is 1.77 bits per heavy atom. The van der Waals surface area contributed by atoms with E-state index in [2.05, 4.69) is 13.2 Å². The molecule has 0 N–H and O–H groups in total. The zero-order chi connectivity index (χ0) is 15.8. The van der Waals surface area contributed by atoms with Crippen LogP contribution in [0.1, 0.15) is 11.1 Å². The topological polar surface area (TPSA) is 20.3 Å². The number of benzene rings is 2. The Kier molecular flexibility index (Phi) is 6.28. The van der Waals surface area contributed by atoms with E-state index in [0.717, 1.165) is 17.0 Å². The van der Waals surface area contributed by atoms with E-state index in [1.807, 2.05) is 65.6 Å². The lowest BCUT2D eigenvalue weighted by Crippen LogP contribution is -2.31. The number of para-hydroxylation sites is 1. The molecule has 0 fully saturated rings. The maximum atomic E-state index is 12.5. The van der Waals surface area contributed by atoms with E-state index < -0.39 is 0 Å². The van der Waals surface area contributed by atoms with Gasteiger partial charge in [0.1, 0.15) is 0 Å². The van der Waals surface area contributed by atoms with Crippen LogP contribution in [-0.2, 0) is 4.79 Å². The van der Waals surface area contributed by atoms with E-state index >= 15 is 0 Å². The summed E-state index contributed by atoms with van der Waals surface area (Å²) in [7, 11) is 0. The molecule has 0 bridgehead atoms. The molecule has 3 heteroatoms. The first-order valence-corrected chi connectivity index (χ1v) is 8.70. The molecule has 0 aliphatic carbocycles. The van der Waals surface area contributed by atoms with E-state index in [0.29, 0.717) is 6.54 Å². The number of carbonyl (C=O) groups excluding carboxylic acids is 1. The first-order chi connectivity index (χ1) is 10.7. The highest BCUT2D eigenvalue weighted by molar-refractivity contribution is 7.98. The third kappa shape index (κ3) is 4.78. The predicted molar refractivity (Wildman–Crippen MR) is 97.4 cm³/mol. The number of nitrogens with zero attached hydrogens (tertiary/aromatic N) is 1. The van der Waals surface area contributed by atoms with Gasteiger partial charge in [-0.05, 0) is 37.0 Å². The summed E-state index contributed by atoms with van der Waals surface area (Å²) in [5.41, 5.74) is 3.20. The molecule has 0 unspecified atom stereocenters. The number of rotatable bonds is 6. The van der Waals surface area contributed by atoms with Crippen molar-refractivity contribution in [3.05, 3.63) is 71.8 Å². The first-order valence-electron chi connectivity index (χ1n) is 7.31. The van der Waals surface area contributed by atoms with Gasteiger partial charge in [0.2, 0.25) is 0 Å². The van der Waals surface area contributed by atoms with Crippen LogP contribution in [0.3, 0.4) is 0 Å². The lowest BCUT2D eigenvalue weighted by Gasteiger charge is -2.21. The number of amides is 1. The van der Waals surface area contributed by atoms with Crippen LogP contribution in [0.25, 0.3) is 6.08 Å². The Balaban J connectivity index is 2.13. The number of aryl methyl sites for hydroxylation is 1. The zero-order valence-corrected chi connectivity index (χ0v) is 13.8. The molecule has 0 atom stereocenters. The zero-order valence-electron chi connectivity index (χ0n) is 13.0. The standard InChI is InChI=1S/C19H21NOS/c1-16-8-10-17(11-9-16)12-13-19(21)20(14-15-22-2)18-6-4-3-5-7-18/h3-13H,14-15H2,1-2H3. The summed E-state index contributed by atoms with van der Waals surface area (Å²) in [6.45, 7) is 2.76. The summed E-state index contributed by atoms with van der Waals surface area (Å²) in [6, 6.07) is 18.0. The summed E-state index contributed by atoms with van der Waals surface area (Å²) >= 11 is 1.74. The molecule has 2 rings (SSSR count). The highest BCUT2D eigenvalue weighted by Gasteiger charge is 2.12. The van der Waals surface area contributed by atoms with E-state index in [4.69, 9.17) is 0 Å². The molecule has 0 aliphatic rings. The molecule has 0 aliphatic heterocycles. The van der Waals surface area contributed by atoms with Crippen molar-refractivity contribution < 1.29 is 4.79 Å². The predicted octanol–water partition coefficient (Wildman–Crippen LogP) is 4.40. The number of carbonyl (C=O) groups is 1. The van der Waals surface area contributed by atoms with Gasteiger partial charge < -0.3 is 4.90 Å². The highest BCUT2D eigenvalue weighted by atomic mass is 32.2. The monoisotopic (exact) mass is 311 g/mol. The molecule has 0 heterocycles. The minimum atomic E-state index is 0.0147. The summed E-state index contributed by atoms with van der Waals surface area (Å²) in [4.78, 5) is 14.3. The van der Waals surface area contributed by atoms with Gasteiger partial charge in [-0.2, -0.15) is 11.8 Å². The van der Waals surface area contributed by atoms with Crippen molar-refractivity contribution in [2.75, 3.05) is 23.5 Å². The molecule has 0 radical (unpaired) electrons. The Hall–Kier alpha value is -2.00. The molecule has 1 amide bonds. The maximum absolute atomic E-state index is 12.5. The minimum absolute atomic E-state index is 0.0147. The second kappa shape index (κ2) is 8.44. The molecule has 2 nitrogen and oxygen atoms in total. The van der Waals surface area contributed by atoms with E-state index in [9.17, 15) is 4.79 Å². The van der Waals surface area contributed by atoms with Gasteiger partial charge in [-0.15, -0.1) is 0 Å². The second-order valence-corrected chi connectivity index (χ2v) is 6.05. The van der Waals surface area contributed by atoms with Crippen LogP contribution in [-0.4, -0.2) is 24.5 Å². The van der Waals surface area contributed by atoms with Crippen molar-refractivity contribution in [3.63, 3.8) is 0 Å². The van der Waals surface area contributed by atoms with Crippen LogP contribution >= 0.6 is 11.8 Å². The summed E-state index contributed by atoms with van der Waals surface area (Å²) in [6.07, 6.45) is 5.57. The van der Waals surface area contributed by atoms with Crippen LogP contribution in [0.2, 0.25) is 0 Å². The second-order valence-electron chi connectivity index (χ2n) is 5.06. The molecular weight excluding hydrogens is 290 g/mol. The average molecular weight is 311 g/mol. The van der Waals surface area contributed by atoms with Gasteiger partial charge in [-0.25, -0.2) is 0 Å². The van der Waals surface area contributed by atoms with Gasteiger partial charge >= 0.3 is 0 Å². The lowest BCUT2D eigenvalue weighted by atomic mass is 10.1. The van der Waals surface area contributed by atoms with Gasteiger partial charge in [-0.3, -0.25) is 4.79 Å². The third-order valence-electron chi connectivity index (χ3n) is 3.35. The van der Waals surface area contributed by atoms with E-state index in [1.165, 1.54) is 5.56 Å². The largest absolute Gasteiger partial charge is 0.308 e. The molecule has 114 valence electrons. The summed E-state index contributed by atoms with van der Waals surface area (Å²) in [5.74, 6) is 0.930. The molecule has 0 spiro atoms. The molecular formula is C19H21NOS. The fourth-order valence-corrected chi connectivity index (χ4v) is 2.46. The molecule has 0 saturated carbocycles. The molecule has 22 heavy (non-hydrogen) atoms. The summed E-state index contributed by atoms with van der Waals surface area (Å²) < 4.78 is 0. The Bertz CT molecular complexity index is 620. The Morgan fingerprint density at radius 3 is 2.41 bits per heavy atom. The van der Waals surface area contributed by atoms with Crippen molar-refractivity contribution in [3.8, 4) is 0 Å². The van der Waals surface area contributed by atoms with Crippen LogP contribution < -0.4 is 4.90 Å². The van der Waals surface area contributed by atoms with Crippen molar-refractivity contribution in [1.29, 1.82) is 0 Å². The fraction of sp³-hybridized carbons (Fsp3) is 0.211. The Labute approximate surface area is 136 Å². The van der Waals surface area contributed by atoms with Crippen molar-refractivity contribution >= 4 is 29.4 Å². The van der Waals surface area contributed by atoms with Crippen molar-refractivity contribution in [2.45, 2.75) is 6.92 Å². The molecule has 2 aromatic carbocycles. The number of anilines is 1. The quantitative estimate of drug-likeness (QED) is 0.737. The van der Waals surface area contributed by atoms with Crippen LogP contribution in [0.15, 0.2) is 60.7 Å². The lowest BCUT2D eigenvalue weighted by molar-refractivity contribution is -0.114. The van der Waals surface area contributed by atoms with Crippen LogP contribution in [0, 0.1) is 6.92 Å². The van der Waals surface area contributed by atoms with Gasteiger partial charge in [-0.1, -0.05) is 48.0 Å². The highest BCUT2D eigenvalue weighted by Crippen LogP contribution is 2.15. The number of hydrogen-bond acceptors (Lipinski definition) is 2. The van der Waals surface area contributed by atoms with Gasteiger partial charge in [0, 0.05) is 24.1 Å². The first kappa shape index (κ1) is 16.4. The maximum Gasteiger partial charge on any atom is 0.251 e. The minimum Gasteiger partial charge on any atom is -0.308 e. The third-order valence-corrected chi connectivity index (χ3v) is 3.94. The molecule has 2 aromatic rings. The van der Waals surface area contributed by atoms with Crippen LogP contribution in [0.5, 0.6) is 0 Å². The van der Waals surface area contributed by atoms with Crippen molar-refractivity contribution in [1.82, 2.24) is 0 Å². The number of thioether (sulfide) groups is 1. The van der Waals surface area contributed by atoms with Gasteiger partial charge in [0.05, 0.1) is 0 Å². The van der Waals surface area contributed by atoms with E-state index in [-0.39, 0.29) is 5.91 Å². The summed E-state index contributed by atoms with van der Waals surface area (Å²) in [5, 5.41) is 0. The van der Waals surface area contributed by atoms with Gasteiger partial charge in [0.15, 0.2) is 0 Å². The SMILES string of the molecule is CSCCN(C(=O)C=Cc1ccc(C)cc1)c1ccccc1. The van der Waals surface area contributed by atoms with Crippen LogP contribution in [0.4, 0.5) is 5.69 Å². The fourth-order valence-electron chi connectivity index (χ4n) is 2.09. The van der Waals surface area contributed by atoms with Crippen molar-refractivity contribution in [2.24, 2.45) is 0 Å². The average Bonchev–Trinajstić information content (AvgIpc) is 2.55. The van der Waals surface area contributed by atoms with E-state index in [1.54, 1.807) is 17.8 Å². The number of hydrogen-bond donors (Lipinski definition) is 0. The van der Waals surface area contributed by atoms with Gasteiger partial charge in [0.25, 0.3) is 5.91 Å². The molecule has 0 aromatic heterocycles. The smallest absolute Gasteiger partial charge is 0.251 e. The molecule has 0 saturated heterocycles. The normalized spacial score (nSPS) is 10.8. The Morgan fingerprint density at radius 1 is 1.09 bits per heavy atom.